The van der Waals surface area contributed by atoms with Gasteiger partial charge in [-0.25, -0.2) is 0 Å². The summed E-state index contributed by atoms with van der Waals surface area (Å²) in [7, 11) is 2.16. The van der Waals surface area contributed by atoms with Crippen molar-refractivity contribution in [3.63, 3.8) is 0 Å². The maximum Gasteiger partial charge on any atom is 0.220 e. The van der Waals surface area contributed by atoms with Crippen LogP contribution in [-0.4, -0.2) is 44.0 Å². The van der Waals surface area contributed by atoms with Crippen LogP contribution in [0.25, 0.3) is 0 Å². The summed E-state index contributed by atoms with van der Waals surface area (Å²) in [6, 6.07) is 8.85. The highest BCUT2D eigenvalue weighted by atomic mass is 16.1. The van der Waals surface area contributed by atoms with E-state index in [1.165, 1.54) is 24.1 Å². The molecule has 0 radical (unpaired) electrons. The van der Waals surface area contributed by atoms with Gasteiger partial charge in [0.2, 0.25) is 5.91 Å². The van der Waals surface area contributed by atoms with Gasteiger partial charge in [-0.15, -0.1) is 0 Å². The van der Waals surface area contributed by atoms with Crippen LogP contribution in [0.4, 0.5) is 5.69 Å². The van der Waals surface area contributed by atoms with Crippen LogP contribution in [-0.2, 0) is 4.79 Å². The van der Waals surface area contributed by atoms with E-state index in [1.807, 2.05) is 0 Å². The van der Waals surface area contributed by atoms with Crippen molar-refractivity contribution in [1.82, 2.24) is 10.2 Å². The van der Waals surface area contributed by atoms with E-state index >= 15 is 0 Å². The smallest absolute Gasteiger partial charge is 0.220 e. The molecule has 2 saturated heterocycles. The molecule has 0 unspecified atom stereocenters. The van der Waals surface area contributed by atoms with Crippen molar-refractivity contribution in [3.8, 4) is 0 Å². The summed E-state index contributed by atoms with van der Waals surface area (Å²) >= 11 is 0. The summed E-state index contributed by atoms with van der Waals surface area (Å²) < 4.78 is 0. The van der Waals surface area contributed by atoms with Gasteiger partial charge in [-0.05, 0) is 82.3 Å². The summed E-state index contributed by atoms with van der Waals surface area (Å²) in [6.45, 7) is 8.97. The monoisotopic (exact) mass is 357 g/mol. The summed E-state index contributed by atoms with van der Waals surface area (Å²) in [5.74, 6) is 1.52. The molecule has 2 fully saturated rings. The molecule has 0 saturated carbocycles. The molecule has 0 spiro atoms. The van der Waals surface area contributed by atoms with Crippen molar-refractivity contribution in [1.29, 1.82) is 0 Å². The molecule has 0 aromatic heterocycles. The first-order chi connectivity index (χ1) is 12.5. The maximum atomic E-state index is 12.4. The predicted molar refractivity (Wildman–Crippen MR) is 108 cm³/mol. The minimum Gasteiger partial charge on any atom is -0.371 e. The van der Waals surface area contributed by atoms with Gasteiger partial charge in [0, 0.05) is 25.2 Å². The quantitative estimate of drug-likeness (QED) is 0.870. The predicted octanol–water partition coefficient (Wildman–Crippen LogP) is 3.83. The largest absolute Gasteiger partial charge is 0.371 e. The molecule has 26 heavy (non-hydrogen) atoms. The number of hydrogen-bond donors (Lipinski definition) is 1. The van der Waals surface area contributed by atoms with E-state index in [4.69, 9.17) is 0 Å². The molecule has 2 heterocycles. The van der Waals surface area contributed by atoms with Crippen molar-refractivity contribution in [2.24, 2.45) is 11.8 Å². The van der Waals surface area contributed by atoms with Crippen molar-refractivity contribution < 1.29 is 4.79 Å². The zero-order valence-corrected chi connectivity index (χ0v) is 16.7. The SMILES string of the molecule is C[C@@H]1CCCN(c2ccc([C@@H](C)NC(=O)CC3CCN(C)CC3)cc2)C1. The molecule has 1 amide bonds. The van der Waals surface area contributed by atoms with E-state index in [0.29, 0.717) is 12.3 Å². The summed E-state index contributed by atoms with van der Waals surface area (Å²) in [6.07, 6.45) is 5.58. The minimum absolute atomic E-state index is 0.0723. The van der Waals surface area contributed by atoms with Crippen LogP contribution < -0.4 is 10.2 Å². The van der Waals surface area contributed by atoms with Gasteiger partial charge in [-0.3, -0.25) is 4.79 Å². The molecular weight excluding hydrogens is 322 g/mol. The zero-order chi connectivity index (χ0) is 18.5. The third-order valence-electron chi connectivity index (χ3n) is 6.10. The van der Waals surface area contributed by atoms with Gasteiger partial charge in [0.1, 0.15) is 0 Å². The Kier molecular flexibility index (Phi) is 6.58. The standard InChI is InChI=1S/C22H35N3O/c1-17-5-4-12-25(16-17)21-8-6-20(7-9-21)18(2)23-22(26)15-19-10-13-24(3)14-11-19/h6-9,17-19H,4-5,10-16H2,1-3H3,(H,23,26)/t17-,18-/m1/s1. The van der Waals surface area contributed by atoms with Gasteiger partial charge in [0.15, 0.2) is 0 Å². The van der Waals surface area contributed by atoms with E-state index in [9.17, 15) is 4.79 Å². The molecule has 3 rings (SSSR count). The van der Waals surface area contributed by atoms with Crippen LogP contribution in [0.3, 0.4) is 0 Å². The number of nitrogens with zero attached hydrogens (tertiary/aromatic N) is 2. The first kappa shape index (κ1) is 19.2. The third kappa shape index (κ3) is 5.23. The number of amides is 1. The topological polar surface area (TPSA) is 35.6 Å². The lowest BCUT2D eigenvalue weighted by Gasteiger charge is -2.33. The van der Waals surface area contributed by atoms with E-state index in [2.05, 4.69) is 60.3 Å². The Morgan fingerprint density at radius 3 is 2.50 bits per heavy atom. The van der Waals surface area contributed by atoms with Crippen LogP contribution >= 0.6 is 0 Å². The van der Waals surface area contributed by atoms with E-state index in [0.717, 1.165) is 44.9 Å². The molecule has 2 aliphatic heterocycles. The van der Waals surface area contributed by atoms with Crippen LogP contribution in [0.2, 0.25) is 0 Å². The maximum absolute atomic E-state index is 12.4. The van der Waals surface area contributed by atoms with Gasteiger partial charge >= 0.3 is 0 Å². The van der Waals surface area contributed by atoms with E-state index in [-0.39, 0.29) is 11.9 Å². The molecule has 4 heteroatoms. The van der Waals surface area contributed by atoms with Crippen molar-refractivity contribution in [2.75, 3.05) is 38.1 Å². The highest BCUT2D eigenvalue weighted by molar-refractivity contribution is 5.76. The number of rotatable bonds is 5. The highest BCUT2D eigenvalue weighted by Gasteiger charge is 2.21. The Morgan fingerprint density at radius 2 is 1.85 bits per heavy atom. The molecule has 0 bridgehead atoms. The number of piperidine rings is 2. The fraction of sp³-hybridized carbons (Fsp3) is 0.682. The van der Waals surface area contributed by atoms with Gasteiger partial charge in [-0.2, -0.15) is 0 Å². The van der Waals surface area contributed by atoms with Crippen molar-refractivity contribution >= 4 is 11.6 Å². The molecule has 1 N–H and O–H groups in total. The summed E-state index contributed by atoms with van der Waals surface area (Å²) in [4.78, 5) is 17.2. The third-order valence-corrected chi connectivity index (χ3v) is 6.10. The molecule has 4 nitrogen and oxygen atoms in total. The molecular formula is C22H35N3O. The van der Waals surface area contributed by atoms with Gasteiger partial charge in [0.25, 0.3) is 0 Å². The van der Waals surface area contributed by atoms with Crippen molar-refractivity contribution in [3.05, 3.63) is 29.8 Å². The number of benzene rings is 1. The highest BCUT2D eigenvalue weighted by Crippen LogP contribution is 2.25. The van der Waals surface area contributed by atoms with E-state index in [1.54, 1.807) is 0 Å². The second-order valence-corrected chi connectivity index (χ2v) is 8.52. The second kappa shape index (κ2) is 8.90. The number of likely N-dealkylation sites (tertiary alicyclic amines) is 1. The summed E-state index contributed by atoms with van der Waals surface area (Å²) in [5.41, 5.74) is 2.50. The number of carbonyl (C=O) groups is 1. The number of nitrogens with one attached hydrogen (secondary N) is 1. The lowest BCUT2D eigenvalue weighted by molar-refractivity contribution is -0.123. The Labute approximate surface area is 158 Å². The zero-order valence-electron chi connectivity index (χ0n) is 16.7. The molecule has 0 aliphatic carbocycles. The lowest BCUT2D eigenvalue weighted by atomic mass is 9.93. The van der Waals surface area contributed by atoms with E-state index < -0.39 is 0 Å². The molecule has 2 aliphatic rings. The number of hydrogen-bond acceptors (Lipinski definition) is 3. The van der Waals surface area contributed by atoms with Crippen LogP contribution in [0.5, 0.6) is 0 Å². The summed E-state index contributed by atoms with van der Waals surface area (Å²) in [5, 5.41) is 3.19. The fourth-order valence-corrected chi connectivity index (χ4v) is 4.31. The molecule has 144 valence electrons. The molecule has 2 atom stereocenters. The minimum atomic E-state index is 0.0723. The Morgan fingerprint density at radius 1 is 1.15 bits per heavy atom. The van der Waals surface area contributed by atoms with Crippen LogP contribution in [0.15, 0.2) is 24.3 Å². The number of anilines is 1. The van der Waals surface area contributed by atoms with Gasteiger partial charge < -0.3 is 15.1 Å². The van der Waals surface area contributed by atoms with Gasteiger partial charge in [0.05, 0.1) is 6.04 Å². The Balaban J connectivity index is 1.49. The fourth-order valence-electron chi connectivity index (χ4n) is 4.31. The molecule has 1 aromatic rings. The van der Waals surface area contributed by atoms with Gasteiger partial charge in [-0.1, -0.05) is 19.1 Å². The average Bonchev–Trinajstić information content (AvgIpc) is 2.64. The molecule has 1 aromatic carbocycles. The first-order valence-corrected chi connectivity index (χ1v) is 10.3. The Hall–Kier alpha value is -1.55. The van der Waals surface area contributed by atoms with Crippen LogP contribution in [0, 0.1) is 11.8 Å². The Bertz CT molecular complexity index is 578. The number of carbonyl (C=O) groups excluding carboxylic acids is 1. The second-order valence-electron chi connectivity index (χ2n) is 8.52. The first-order valence-electron chi connectivity index (χ1n) is 10.3. The average molecular weight is 358 g/mol. The lowest BCUT2D eigenvalue weighted by Crippen LogP contribution is -2.34. The normalized spacial score (nSPS) is 23.7. The van der Waals surface area contributed by atoms with Crippen LogP contribution in [0.1, 0.15) is 57.6 Å². The van der Waals surface area contributed by atoms with Crippen molar-refractivity contribution in [2.45, 2.75) is 52.0 Å².